The van der Waals surface area contributed by atoms with Crippen LogP contribution in [0.5, 0.6) is 0 Å². The molecule has 0 unspecified atom stereocenters. The number of fused-ring (bicyclic) bond motifs is 21. The largest absolute Gasteiger partial charge is 0.637 e. The summed E-state index contributed by atoms with van der Waals surface area (Å²) in [4.78, 5) is 0. The third-order valence-electron chi connectivity index (χ3n) is 18.3. The molecule has 14 saturated heterocycles. The standard InChI is InChI=1S/C42H63B7O42/c50-1-8-15-22-29-36(64-8)72-16-9(2-51)66-38-31(23(16)79-44(58)85-29)87-46(60)81-25-18(74-38)11(4-53)68-40-33(25)89-48(62)83-27-20(76-40)13(6-55)70-42-35(27)91-49(63)84-28-21(77-42)14(7-56)69-41-34(28)90-47(61)82-26-19(75-41)12(5-54)67-39-32(26)88-45(59)80-24-17(73-39)10(3-52)65-37(71-15)30(24)86-43(57)78-22/h8-42,50-63H,1-7H2/t8-,9-,10-,11-,12-,13-,14-,15-,16-,17-,18-,19-,20-,21-,22+,23+,24+,25+,26+,27+,28+,29-,30-,31-,32-,33-,34-,35-,36-,37-,38-,39-,40-,41-,42-/m1/s1. The molecule has 0 amide bonds. The van der Waals surface area contributed by atoms with Crippen LogP contribution in [0.25, 0.3) is 0 Å². The Balaban J connectivity index is 0.809. The van der Waals surface area contributed by atoms with Crippen LogP contribution >= 0.6 is 0 Å². The third-order valence-corrected chi connectivity index (χ3v) is 18.3. The molecule has 0 bridgehead atoms. The van der Waals surface area contributed by atoms with Crippen LogP contribution in [0.2, 0.25) is 0 Å². The van der Waals surface area contributed by atoms with Crippen LogP contribution in [0, 0.1) is 0 Å². The van der Waals surface area contributed by atoms with E-state index < -0.39 is 312 Å². The predicted molar refractivity (Wildman–Crippen MR) is 268 cm³/mol. The van der Waals surface area contributed by atoms with Crippen molar-refractivity contribution in [2.45, 2.75) is 215 Å². The Morgan fingerprint density at radius 2 is 0.264 bits per heavy atom. The lowest BCUT2D eigenvalue weighted by molar-refractivity contribution is -0.407. The maximum absolute atomic E-state index is 11.7. The summed E-state index contributed by atoms with van der Waals surface area (Å²) in [5.41, 5.74) is 0. The topological polar surface area (TPSA) is 542 Å². The minimum Gasteiger partial charge on any atom is -0.402 e. The highest BCUT2D eigenvalue weighted by Gasteiger charge is 2.68. The molecule has 504 valence electrons. The van der Waals surface area contributed by atoms with Gasteiger partial charge in [-0.15, -0.1) is 0 Å². The van der Waals surface area contributed by atoms with Crippen LogP contribution < -0.4 is 0 Å². The molecule has 0 aromatic heterocycles. The van der Waals surface area contributed by atoms with Gasteiger partial charge in [-0.2, -0.15) is 0 Å². The van der Waals surface area contributed by atoms with Gasteiger partial charge in [0.05, 0.1) is 46.2 Å². The lowest BCUT2D eigenvalue weighted by Gasteiger charge is -2.56. The second kappa shape index (κ2) is 26.8. The molecule has 14 aliphatic heterocycles. The fourth-order valence-electron chi connectivity index (χ4n) is 14.4. The summed E-state index contributed by atoms with van der Waals surface area (Å²) in [6.45, 7) is -6.44. The number of hydrogen-bond donors (Lipinski definition) is 14. The Hall–Kier alpha value is -1.23. The highest BCUT2D eigenvalue weighted by atomic mass is 16.9. The molecule has 14 aliphatic rings. The van der Waals surface area contributed by atoms with Crippen molar-refractivity contribution in [3.8, 4) is 0 Å². The van der Waals surface area contributed by atoms with Crippen LogP contribution in [0.3, 0.4) is 0 Å². The molecule has 14 rings (SSSR count). The Bertz CT molecular complexity index is 2030. The van der Waals surface area contributed by atoms with Crippen molar-refractivity contribution >= 4 is 51.2 Å². The first kappa shape index (κ1) is 65.7. The molecule has 0 aromatic carbocycles. The normalized spacial score (nSPS) is 53.1. The molecule has 42 nitrogen and oxygen atoms in total. The Morgan fingerprint density at radius 1 is 0.154 bits per heavy atom. The summed E-state index contributed by atoms with van der Waals surface area (Å²) < 4.78 is 172. The Morgan fingerprint density at radius 3 is 0.374 bits per heavy atom. The minimum absolute atomic E-state index is 0.920. The van der Waals surface area contributed by atoms with Gasteiger partial charge >= 0.3 is 51.2 Å². The number of hydrogen-bond acceptors (Lipinski definition) is 42. The van der Waals surface area contributed by atoms with E-state index >= 15 is 0 Å². The first-order valence-electron chi connectivity index (χ1n) is 29.4. The molecule has 49 heteroatoms. The van der Waals surface area contributed by atoms with Gasteiger partial charge in [-0.1, -0.05) is 0 Å². The summed E-state index contributed by atoms with van der Waals surface area (Å²) in [7, 11) is -16.7. The smallest absolute Gasteiger partial charge is 0.402 e. The van der Waals surface area contributed by atoms with Gasteiger partial charge in [-0.05, 0) is 0 Å². The molecule has 0 aromatic rings. The van der Waals surface area contributed by atoms with Crippen LogP contribution in [-0.2, 0) is 131 Å². The lowest BCUT2D eigenvalue weighted by atomic mass is 9.90. The van der Waals surface area contributed by atoms with Crippen molar-refractivity contribution in [3.63, 3.8) is 0 Å². The lowest BCUT2D eigenvalue weighted by Crippen LogP contribution is -2.74. The van der Waals surface area contributed by atoms with E-state index in [4.69, 9.17) is 131 Å². The van der Waals surface area contributed by atoms with E-state index in [1.807, 2.05) is 0 Å². The van der Waals surface area contributed by atoms with Crippen LogP contribution in [0.1, 0.15) is 0 Å². The van der Waals surface area contributed by atoms with Crippen molar-refractivity contribution < 1.29 is 202 Å². The molecule has 14 fully saturated rings. The minimum atomic E-state index is -2.39. The van der Waals surface area contributed by atoms with Gasteiger partial charge in [-0.25, -0.2) is 0 Å². The second-order valence-corrected chi connectivity index (χ2v) is 23.3. The zero-order valence-corrected chi connectivity index (χ0v) is 46.9. The zero-order chi connectivity index (χ0) is 63.0. The quantitative estimate of drug-likeness (QED) is 0.105. The molecule has 35 atom stereocenters. The van der Waals surface area contributed by atoms with Gasteiger partial charge in [0.1, 0.15) is 171 Å². The van der Waals surface area contributed by atoms with Crippen molar-refractivity contribution in [2.75, 3.05) is 46.2 Å². The van der Waals surface area contributed by atoms with E-state index in [1.54, 1.807) is 0 Å². The van der Waals surface area contributed by atoms with Gasteiger partial charge in [-0.3, -0.25) is 0 Å². The summed E-state index contributed by atoms with van der Waals surface area (Å²) in [5, 5.41) is 159. The molecule has 91 heavy (non-hydrogen) atoms. The number of aliphatic hydroxyl groups excluding tert-OH is 7. The molecular weight excluding hydrogens is 1250 g/mol. The van der Waals surface area contributed by atoms with Gasteiger partial charge in [0.2, 0.25) is 0 Å². The Kier molecular flexibility index (Phi) is 19.3. The van der Waals surface area contributed by atoms with E-state index in [0.29, 0.717) is 0 Å². The van der Waals surface area contributed by atoms with Gasteiger partial charge in [0.25, 0.3) is 0 Å². The van der Waals surface area contributed by atoms with E-state index in [0.717, 1.165) is 0 Å². The average Bonchev–Trinajstić information content (AvgIpc) is 0.791. The fourth-order valence-corrected chi connectivity index (χ4v) is 14.4. The Labute approximate surface area is 513 Å². The molecule has 14 heterocycles. The van der Waals surface area contributed by atoms with Gasteiger partial charge in [0.15, 0.2) is 44.0 Å². The third kappa shape index (κ3) is 11.9. The van der Waals surface area contributed by atoms with E-state index in [2.05, 4.69) is 0 Å². The number of rotatable bonds is 7. The van der Waals surface area contributed by atoms with Crippen molar-refractivity contribution in [2.24, 2.45) is 0 Å². The van der Waals surface area contributed by atoms with Crippen LogP contribution in [-0.4, -0.2) is 383 Å². The maximum atomic E-state index is 11.7. The monoisotopic (exact) mass is 1320 g/mol. The van der Waals surface area contributed by atoms with Crippen molar-refractivity contribution in [3.05, 3.63) is 0 Å². The first-order chi connectivity index (χ1) is 44.0. The first-order valence-corrected chi connectivity index (χ1v) is 29.4. The molecule has 0 spiro atoms. The molecule has 0 saturated carbocycles. The fraction of sp³-hybridized carbons (Fsp3) is 1.00. The van der Waals surface area contributed by atoms with Crippen LogP contribution in [0.15, 0.2) is 0 Å². The van der Waals surface area contributed by atoms with Crippen LogP contribution in [0.4, 0.5) is 0 Å². The summed E-state index contributed by atoms with van der Waals surface area (Å²) in [6.07, 6.45) is -59.5. The zero-order valence-electron chi connectivity index (χ0n) is 46.9. The van der Waals surface area contributed by atoms with E-state index in [-0.39, 0.29) is 0 Å². The number of aliphatic hydroxyl groups is 7. The molecular formula is C42H63B7O42. The molecule has 0 aliphatic carbocycles. The molecule has 0 radical (unpaired) electrons. The van der Waals surface area contributed by atoms with E-state index in [1.165, 1.54) is 0 Å². The second-order valence-electron chi connectivity index (χ2n) is 23.3. The van der Waals surface area contributed by atoms with E-state index in [9.17, 15) is 70.9 Å². The highest BCUT2D eigenvalue weighted by molar-refractivity contribution is 6.37. The number of ether oxygens (including phenoxy) is 14. The van der Waals surface area contributed by atoms with Gasteiger partial charge < -0.3 is 202 Å². The highest BCUT2D eigenvalue weighted by Crippen LogP contribution is 2.47. The molecule has 14 N–H and O–H groups in total. The predicted octanol–water partition coefficient (Wildman–Crippen LogP) is -15.0. The van der Waals surface area contributed by atoms with Gasteiger partial charge in [0, 0.05) is 0 Å². The summed E-state index contributed by atoms with van der Waals surface area (Å²) in [6, 6.07) is 0. The maximum Gasteiger partial charge on any atom is 0.637 e. The summed E-state index contributed by atoms with van der Waals surface area (Å²) >= 11 is 0. The average molecular weight is 1320 g/mol. The van der Waals surface area contributed by atoms with Crippen molar-refractivity contribution in [1.29, 1.82) is 0 Å². The summed E-state index contributed by atoms with van der Waals surface area (Å²) in [5.74, 6) is 0. The van der Waals surface area contributed by atoms with Crippen molar-refractivity contribution in [1.82, 2.24) is 0 Å². The SMILES string of the molecule is OC[C@H]1O[C@@H]2O[C@H]3[C@@H]4OB(O)O[C@@H]2[C@H]2OB(O)O[C@H]5[C@@H](O[C@@H]21)O[C@H](CO)[C@H]1O[C@H]2O[C@H](CO)[C@H]6O[C@H]7O[C@H](CO)[C@H]8O[C@H]9O[C@H](CO)[C@H]%10O[C@H]%11O[C@H](CO)[C@H]%12O[C@@H](O[C@@H]3CO)[C@@H]4OB(O)O[C@@H]%12[C@H]%11OB(O)O[C@@H]%10[C@H]9OB(O)O[C@@H]8[C@H]7OB(O)O[C@@H]6[C@H]2OB(O)O[C@H]51.